The maximum Gasteiger partial charge on any atom is 0.229 e. The standard InChI is InChI=1S/C12H16FNO2SSi/c1-17(15,16)14-12-6-5-10(9-11(12)13)7-8-18(2,3)4/h5-6,9,14H,1-4H3. The Hall–Kier alpha value is -1.32. The van der Waals surface area contributed by atoms with Crippen molar-refractivity contribution in [2.45, 2.75) is 19.6 Å². The molecule has 0 aliphatic carbocycles. The lowest BCUT2D eigenvalue weighted by molar-refractivity contribution is 0.603. The molecule has 1 aromatic rings. The summed E-state index contributed by atoms with van der Waals surface area (Å²) in [5, 5.41) is 0. The van der Waals surface area contributed by atoms with Gasteiger partial charge in [-0.05, 0) is 18.2 Å². The average molecular weight is 285 g/mol. The summed E-state index contributed by atoms with van der Waals surface area (Å²) < 4.78 is 37.7. The van der Waals surface area contributed by atoms with Gasteiger partial charge in [0.25, 0.3) is 0 Å². The minimum Gasteiger partial charge on any atom is -0.281 e. The van der Waals surface area contributed by atoms with E-state index >= 15 is 0 Å². The van der Waals surface area contributed by atoms with Gasteiger partial charge in [0.2, 0.25) is 10.0 Å². The van der Waals surface area contributed by atoms with Crippen LogP contribution in [0, 0.1) is 17.3 Å². The maximum atomic E-state index is 13.6. The quantitative estimate of drug-likeness (QED) is 0.670. The monoisotopic (exact) mass is 285 g/mol. The van der Waals surface area contributed by atoms with E-state index in [4.69, 9.17) is 0 Å². The van der Waals surface area contributed by atoms with Crippen LogP contribution >= 0.6 is 0 Å². The predicted octanol–water partition coefficient (Wildman–Crippen LogP) is 2.43. The molecule has 0 spiro atoms. The van der Waals surface area contributed by atoms with Crippen LogP contribution in [0.15, 0.2) is 18.2 Å². The van der Waals surface area contributed by atoms with E-state index in [1.165, 1.54) is 12.1 Å². The highest BCUT2D eigenvalue weighted by Crippen LogP contribution is 2.16. The van der Waals surface area contributed by atoms with Crippen molar-refractivity contribution in [1.29, 1.82) is 0 Å². The van der Waals surface area contributed by atoms with Crippen LogP contribution in [0.1, 0.15) is 5.56 Å². The number of sulfonamides is 1. The fraction of sp³-hybridized carbons (Fsp3) is 0.333. The lowest BCUT2D eigenvalue weighted by Gasteiger charge is -2.06. The molecule has 98 valence electrons. The molecule has 18 heavy (non-hydrogen) atoms. The summed E-state index contributed by atoms with van der Waals surface area (Å²) in [7, 11) is -4.97. The minimum absolute atomic E-state index is 0.0592. The molecule has 0 aliphatic rings. The Labute approximate surface area is 108 Å². The molecule has 1 rings (SSSR count). The molecule has 0 aromatic heterocycles. The molecule has 6 heteroatoms. The van der Waals surface area contributed by atoms with Gasteiger partial charge in [0.15, 0.2) is 0 Å². The number of hydrogen-bond donors (Lipinski definition) is 1. The van der Waals surface area contributed by atoms with Crippen molar-refractivity contribution in [3.05, 3.63) is 29.6 Å². The first-order chi connectivity index (χ1) is 8.07. The Kier molecular flexibility index (Phi) is 4.19. The first-order valence-electron chi connectivity index (χ1n) is 5.37. The summed E-state index contributed by atoms with van der Waals surface area (Å²) in [6, 6.07) is 4.22. The highest BCUT2D eigenvalue weighted by Gasteiger charge is 2.09. The molecule has 0 aliphatic heterocycles. The molecule has 0 radical (unpaired) electrons. The zero-order chi connectivity index (χ0) is 14.0. The van der Waals surface area contributed by atoms with Gasteiger partial charge in [0.1, 0.15) is 13.9 Å². The summed E-state index contributed by atoms with van der Waals surface area (Å²) in [4.78, 5) is 0. The Morgan fingerprint density at radius 2 is 1.89 bits per heavy atom. The Morgan fingerprint density at radius 3 is 2.33 bits per heavy atom. The summed E-state index contributed by atoms with van der Waals surface area (Å²) in [6.45, 7) is 6.28. The summed E-state index contributed by atoms with van der Waals surface area (Å²) in [5.41, 5.74) is 3.61. The second kappa shape index (κ2) is 5.12. The van der Waals surface area contributed by atoms with Crippen LogP contribution in [0.3, 0.4) is 0 Å². The highest BCUT2D eigenvalue weighted by molar-refractivity contribution is 7.92. The van der Waals surface area contributed by atoms with Crippen molar-refractivity contribution in [3.8, 4) is 11.5 Å². The van der Waals surface area contributed by atoms with Crippen LogP contribution in [-0.2, 0) is 10.0 Å². The third-order valence-electron chi connectivity index (χ3n) is 1.85. The molecule has 0 bridgehead atoms. The molecule has 0 fully saturated rings. The van der Waals surface area contributed by atoms with E-state index < -0.39 is 23.9 Å². The van der Waals surface area contributed by atoms with Crippen LogP contribution in [0.5, 0.6) is 0 Å². The van der Waals surface area contributed by atoms with Crippen LogP contribution in [0.2, 0.25) is 19.6 Å². The molecule has 1 N–H and O–H groups in total. The predicted molar refractivity (Wildman–Crippen MR) is 75.1 cm³/mol. The molecule has 0 heterocycles. The third-order valence-corrected chi connectivity index (χ3v) is 3.31. The van der Waals surface area contributed by atoms with Gasteiger partial charge in [0, 0.05) is 5.56 Å². The van der Waals surface area contributed by atoms with Crippen LogP contribution in [-0.4, -0.2) is 22.7 Å². The molecule has 0 unspecified atom stereocenters. The van der Waals surface area contributed by atoms with Gasteiger partial charge < -0.3 is 0 Å². The second-order valence-corrected chi connectivity index (χ2v) is 11.6. The van der Waals surface area contributed by atoms with E-state index in [-0.39, 0.29) is 5.69 Å². The van der Waals surface area contributed by atoms with Crippen LogP contribution in [0.4, 0.5) is 10.1 Å². The lowest BCUT2D eigenvalue weighted by atomic mass is 10.2. The third kappa shape index (κ3) is 5.34. The van der Waals surface area contributed by atoms with E-state index in [9.17, 15) is 12.8 Å². The van der Waals surface area contributed by atoms with Crippen LogP contribution < -0.4 is 4.72 Å². The molecule has 0 saturated carbocycles. The minimum atomic E-state index is -3.47. The number of anilines is 1. The van der Waals surface area contributed by atoms with Gasteiger partial charge in [-0.25, -0.2) is 12.8 Å². The van der Waals surface area contributed by atoms with Crippen molar-refractivity contribution in [3.63, 3.8) is 0 Å². The Balaban J connectivity index is 3.03. The molecule has 3 nitrogen and oxygen atoms in total. The summed E-state index contributed by atoms with van der Waals surface area (Å²) in [6.07, 6.45) is 0.978. The Morgan fingerprint density at radius 1 is 1.28 bits per heavy atom. The number of halogens is 1. The van der Waals surface area contributed by atoms with Crippen molar-refractivity contribution < 1.29 is 12.8 Å². The Bertz CT molecular complexity index is 609. The largest absolute Gasteiger partial charge is 0.281 e. The van der Waals surface area contributed by atoms with Crippen LogP contribution in [0.25, 0.3) is 0 Å². The summed E-state index contributed by atoms with van der Waals surface area (Å²) in [5.74, 6) is 2.29. The second-order valence-electron chi connectivity index (χ2n) is 5.07. The van der Waals surface area contributed by atoms with Crippen molar-refractivity contribution in [1.82, 2.24) is 0 Å². The topological polar surface area (TPSA) is 46.2 Å². The number of nitrogens with one attached hydrogen (secondary N) is 1. The number of benzene rings is 1. The first-order valence-corrected chi connectivity index (χ1v) is 10.8. The fourth-order valence-electron chi connectivity index (χ4n) is 1.14. The van der Waals surface area contributed by atoms with E-state index in [0.717, 1.165) is 6.26 Å². The van der Waals surface area contributed by atoms with Crippen molar-refractivity contribution >= 4 is 23.8 Å². The van der Waals surface area contributed by atoms with Crippen molar-refractivity contribution in [2.75, 3.05) is 11.0 Å². The smallest absolute Gasteiger partial charge is 0.229 e. The maximum absolute atomic E-state index is 13.6. The van der Waals surface area contributed by atoms with Gasteiger partial charge >= 0.3 is 0 Å². The highest BCUT2D eigenvalue weighted by atomic mass is 32.2. The zero-order valence-electron chi connectivity index (χ0n) is 10.8. The van der Waals surface area contributed by atoms with Gasteiger partial charge in [0.05, 0.1) is 11.9 Å². The molecule has 0 amide bonds. The lowest BCUT2D eigenvalue weighted by Crippen LogP contribution is -2.16. The van der Waals surface area contributed by atoms with Gasteiger partial charge in [-0.1, -0.05) is 25.6 Å². The first kappa shape index (κ1) is 14.7. The molecular weight excluding hydrogens is 269 g/mol. The summed E-state index contributed by atoms with van der Waals surface area (Å²) >= 11 is 0. The number of rotatable bonds is 2. The molecule has 0 saturated heterocycles. The molecule has 1 aromatic carbocycles. The van der Waals surface area contributed by atoms with Gasteiger partial charge in [-0.3, -0.25) is 4.72 Å². The molecule has 0 atom stereocenters. The van der Waals surface area contributed by atoms with Gasteiger partial charge in [-0.2, -0.15) is 0 Å². The number of hydrogen-bond acceptors (Lipinski definition) is 2. The fourth-order valence-corrected chi connectivity index (χ4v) is 2.22. The normalized spacial score (nSPS) is 11.6. The van der Waals surface area contributed by atoms with E-state index in [1.807, 2.05) is 0 Å². The average Bonchev–Trinajstić information content (AvgIpc) is 2.15. The zero-order valence-corrected chi connectivity index (χ0v) is 12.7. The van der Waals surface area contributed by atoms with Gasteiger partial charge in [-0.15, -0.1) is 5.54 Å². The van der Waals surface area contributed by atoms with E-state index in [1.54, 1.807) is 6.07 Å². The SMILES string of the molecule is C[Si](C)(C)C#Cc1ccc(NS(C)(=O)=O)c(F)c1. The van der Waals surface area contributed by atoms with E-state index in [2.05, 4.69) is 35.8 Å². The molecular formula is C12H16FNO2SSi. The van der Waals surface area contributed by atoms with Crippen molar-refractivity contribution in [2.24, 2.45) is 0 Å². The van der Waals surface area contributed by atoms with E-state index in [0.29, 0.717) is 5.56 Å².